The third-order valence-electron chi connectivity index (χ3n) is 2.02. The first-order chi connectivity index (χ1) is 5.68. The molecule has 62 valence electrons. The molecule has 0 aliphatic carbocycles. The molecule has 0 aliphatic heterocycles. The van der Waals surface area contributed by atoms with Crippen LogP contribution >= 0.6 is 27.3 Å². The van der Waals surface area contributed by atoms with Gasteiger partial charge in [-0.2, -0.15) is 0 Å². The first kappa shape index (κ1) is 8.27. The normalized spacial score (nSPS) is 10.9. The summed E-state index contributed by atoms with van der Waals surface area (Å²) in [7, 11) is 0. The molecule has 0 fully saturated rings. The van der Waals surface area contributed by atoms with E-state index in [-0.39, 0.29) is 0 Å². The van der Waals surface area contributed by atoms with Crippen molar-refractivity contribution in [3.63, 3.8) is 0 Å². The summed E-state index contributed by atoms with van der Waals surface area (Å²) in [5, 5.41) is 3.59. The number of hydrogen-bond donors (Lipinski definition) is 0. The van der Waals surface area contributed by atoms with Gasteiger partial charge in [-0.15, -0.1) is 11.3 Å². The van der Waals surface area contributed by atoms with Crippen molar-refractivity contribution in [2.75, 3.05) is 0 Å². The number of aryl methyl sites for hydroxylation is 2. The second-order valence-electron chi connectivity index (χ2n) is 3.02. The highest BCUT2D eigenvalue weighted by atomic mass is 79.9. The SMILES string of the molecule is Cc1csc2c(C)cc(Br)cc12. The average molecular weight is 241 g/mol. The molecule has 12 heavy (non-hydrogen) atoms. The number of halogens is 1. The highest BCUT2D eigenvalue weighted by molar-refractivity contribution is 9.10. The van der Waals surface area contributed by atoms with Crippen LogP contribution in [0.3, 0.4) is 0 Å². The van der Waals surface area contributed by atoms with E-state index in [2.05, 4.69) is 47.3 Å². The van der Waals surface area contributed by atoms with Gasteiger partial charge >= 0.3 is 0 Å². The predicted octanol–water partition coefficient (Wildman–Crippen LogP) is 4.28. The lowest BCUT2D eigenvalue weighted by Gasteiger charge is -1.97. The number of rotatable bonds is 0. The fourth-order valence-corrected chi connectivity index (χ4v) is 2.98. The van der Waals surface area contributed by atoms with Gasteiger partial charge in [0.2, 0.25) is 0 Å². The standard InChI is InChI=1S/C10H9BrS/c1-6-3-8(11)4-9-7(2)5-12-10(6)9/h3-5H,1-2H3. The van der Waals surface area contributed by atoms with Gasteiger partial charge in [-0.3, -0.25) is 0 Å². The predicted molar refractivity (Wildman–Crippen MR) is 59.0 cm³/mol. The minimum absolute atomic E-state index is 1.18. The topological polar surface area (TPSA) is 0 Å². The molecule has 1 aromatic carbocycles. The number of benzene rings is 1. The van der Waals surface area contributed by atoms with Gasteiger partial charge in [-0.25, -0.2) is 0 Å². The minimum atomic E-state index is 1.18. The van der Waals surface area contributed by atoms with E-state index < -0.39 is 0 Å². The highest BCUT2D eigenvalue weighted by Gasteiger charge is 2.03. The molecule has 0 atom stereocenters. The van der Waals surface area contributed by atoms with E-state index in [0.29, 0.717) is 0 Å². The van der Waals surface area contributed by atoms with Crippen LogP contribution in [0.2, 0.25) is 0 Å². The Hall–Kier alpha value is -0.340. The molecule has 2 heteroatoms. The molecule has 0 unspecified atom stereocenters. The summed E-state index contributed by atoms with van der Waals surface area (Å²) in [6.45, 7) is 4.31. The van der Waals surface area contributed by atoms with E-state index in [1.165, 1.54) is 25.7 Å². The fourth-order valence-electron chi connectivity index (χ4n) is 1.39. The van der Waals surface area contributed by atoms with Crippen LogP contribution in [0.15, 0.2) is 22.0 Å². The lowest BCUT2D eigenvalue weighted by molar-refractivity contribution is 1.52. The second kappa shape index (κ2) is 2.86. The largest absolute Gasteiger partial charge is 0.143 e. The van der Waals surface area contributed by atoms with Crippen LogP contribution in [0.25, 0.3) is 10.1 Å². The van der Waals surface area contributed by atoms with Gasteiger partial charge < -0.3 is 0 Å². The average Bonchev–Trinajstić information content (AvgIpc) is 2.33. The molecule has 0 spiro atoms. The molecule has 2 aromatic rings. The van der Waals surface area contributed by atoms with Crippen molar-refractivity contribution in [3.8, 4) is 0 Å². The second-order valence-corrected chi connectivity index (χ2v) is 4.81. The van der Waals surface area contributed by atoms with Crippen LogP contribution in [0, 0.1) is 13.8 Å². The molecule has 1 heterocycles. The van der Waals surface area contributed by atoms with E-state index >= 15 is 0 Å². The lowest BCUT2D eigenvalue weighted by Crippen LogP contribution is -1.74. The highest BCUT2D eigenvalue weighted by Crippen LogP contribution is 2.31. The minimum Gasteiger partial charge on any atom is -0.143 e. The first-order valence-electron chi connectivity index (χ1n) is 3.82. The Kier molecular flexibility index (Phi) is 1.97. The number of hydrogen-bond acceptors (Lipinski definition) is 1. The zero-order chi connectivity index (χ0) is 8.72. The summed E-state index contributed by atoms with van der Waals surface area (Å²) in [4.78, 5) is 0. The molecular formula is C10H9BrS. The quantitative estimate of drug-likeness (QED) is 0.645. The Bertz CT molecular complexity index is 429. The third kappa shape index (κ3) is 1.19. The van der Waals surface area contributed by atoms with Gasteiger partial charge in [0.1, 0.15) is 0 Å². The van der Waals surface area contributed by atoms with E-state index in [0.717, 1.165) is 0 Å². The lowest BCUT2D eigenvalue weighted by atomic mass is 10.1. The van der Waals surface area contributed by atoms with Crippen LogP contribution < -0.4 is 0 Å². The van der Waals surface area contributed by atoms with Crippen molar-refractivity contribution in [2.24, 2.45) is 0 Å². The molecule has 0 saturated carbocycles. The number of fused-ring (bicyclic) bond motifs is 1. The van der Waals surface area contributed by atoms with Crippen molar-refractivity contribution in [1.82, 2.24) is 0 Å². The van der Waals surface area contributed by atoms with Crippen LogP contribution in [0.1, 0.15) is 11.1 Å². The van der Waals surface area contributed by atoms with Gasteiger partial charge in [0.15, 0.2) is 0 Å². The summed E-state index contributed by atoms with van der Waals surface area (Å²) in [5.74, 6) is 0. The monoisotopic (exact) mass is 240 g/mol. The van der Waals surface area contributed by atoms with Gasteiger partial charge in [-0.1, -0.05) is 15.9 Å². The van der Waals surface area contributed by atoms with E-state index in [4.69, 9.17) is 0 Å². The summed E-state index contributed by atoms with van der Waals surface area (Å²) in [6.07, 6.45) is 0. The third-order valence-corrected chi connectivity index (χ3v) is 3.72. The van der Waals surface area contributed by atoms with Crippen LogP contribution in [0.5, 0.6) is 0 Å². The van der Waals surface area contributed by atoms with Gasteiger partial charge in [0, 0.05) is 9.17 Å². The summed E-state index contributed by atoms with van der Waals surface area (Å²) >= 11 is 5.34. The van der Waals surface area contributed by atoms with Crippen LogP contribution in [-0.4, -0.2) is 0 Å². The maximum absolute atomic E-state index is 3.51. The summed E-state index contributed by atoms with van der Waals surface area (Å²) in [6, 6.07) is 4.35. The Morgan fingerprint density at radius 1 is 1.17 bits per heavy atom. The van der Waals surface area contributed by atoms with E-state index in [1.807, 2.05) is 11.3 Å². The molecule has 2 rings (SSSR count). The molecule has 0 amide bonds. The summed E-state index contributed by atoms with van der Waals surface area (Å²) < 4.78 is 2.59. The number of thiophene rings is 1. The van der Waals surface area contributed by atoms with E-state index in [1.54, 1.807) is 0 Å². The van der Waals surface area contributed by atoms with Crippen molar-refractivity contribution in [1.29, 1.82) is 0 Å². The van der Waals surface area contributed by atoms with Crippen LogP contribution in [0.4, 0.5) is 0 Å². The van der Waals surface area contributed by atoms with Crippen molar-refractivity contribution < 1.29 is 0 Å². The van der Waals surface area contributed by atoms with Gasteiger partial charge in [-0.05, 0) is 47.9 Å². The van der Waals surface area contributed by atoms with Gasteiger partial charge in [0.25, 0.3) is 0 Å². The van der Waals surface area contributed by atoms with Crippen molar-refractivity contribution >= 4 is 37.4 Å². The van der Waals surface area contributed by atoms with Crippen LogP contribution in [-0.2, 0) is 0 Å². The summed E-state index contributed by atoms with van der Waals surface area (Å²) in [5.41, 5.74) is 2.73. The molecule has 0 bridgehead atoms. The molecule has 0 nitrogen and oxygen atoms in total. The van der Waals surface area contributed by atoms with Crippen molar-refractivity contribution in [2.45, 2.75) is 13.8 Å². The fraction of sp³-hybridized carbons (Fsp3) is 0.200. The molecule has 0 N–H and O–H groups in total. The van der Waals surface area contributed by atoms with Gasteiger partial charge in [0.05, 0.1) is 0 Å². The smallest absolute Gasteiger partial charge is 0.0375 e. The molecular weight excluding hydrogens is 232 g/mol. The Morgan fingerprint density at radius 2 is 1.92 bits per heavy atom. The molecule has 0 aliphatic rings. The Balaban J connectivity index is 2.92. The van der Waals surface area contributed by atoms with E-state index in [9.17, 15) is 0 Å². The molecule has 0 radical (unpaired) electrons. The maximum atomic E-state index is 3.51. The zero-order valence-corrected chi connectivity index (χ0v) is 9.42. The Morgan fingerprint density at radius 3 is 2.67 bits per heavy atom. The zero-order valence-electron chi connectivity index (χ0n) is 7.02. The molecule has 1 aromatic heterocycles. The maximum Gasteiger partial charge on any atom is 0.0375 e. The first-order valence-corrected chi connectivity index (χ1v) is 5.49. The van der Waals surface area contributed by atoms with Crippen molar-refractivity contribution in [3.05, 3.63) is 33.1 Å². The Labute approximate surface area is 84.4 Å². The molecule has 0 saturated heterocycles.